The molecule has 1 heterocycles. The summed E-state index contributed by atoms with van der Waals surface area (Å²) < 4.78 is 50.6. The van der Waals surface area contributed by atoms with Crippen molar-refractivity contribution in [3.05, 3.63) is 22.7 Å². The van der Waals surface area contributed by atoms with E-state index in [2.05, 4.69) is 20.7 Å². The zero-order valence-corrected chi connectivity index (χ0v) is 13.8. The predicted molar refractivity (Wildman–Crippen MR) is 80.6 cm³/mol. The van der Waals surface area contributed by atoms with Crippen molar-refractivity contribution in [1.82, 2.24) is 4.72 Å². The average Bonchev–Trinajstić information content (AvgIpc) is 2.30. The summed E-state index contributed by atoms with van der Waals surface area (Å²) in [7, 11) is -7.00. The van der Waals surface area contributed by atoms with Crippen LogP contribution in [0.4, 0.5) is 5.69 Å². The Hall–Kier alpha value is -0.640. The number of sulfonamides is 1. The summed E-state index contributed by atoms with van der Waals surface area (Å²) >= 11 is 3.19. The van der Waals surface area contributed by atoms with Crippen molar-refractivity contribution in [2.24, 2.45) is 0 Å². The Bertz CT molecular complexity index is 716. The minimum absolute atomic E-state index is 0.0464. The van der Waals surface area contributed by atoms with Gasteiger partial charge in [-0.25, -0.2) is 21.6 Å². The molecule has 9 heteroatoms. The van der Waals surface area contributed by atoms with E-state index in [0.29, 0.717) is 17.3 Å². The summed E-state index contributed by atoms with van der Waals surface area (Å²) in [5.74, 6) is -0.0512. The number of rotatable bonds is 3. The third kappa shape index (κ3) is 3.72. The Morgan fingerprint density at radius 1 is 1.35 bits per heavy atom. The van der Waals surface area contributed by atoms with Crippen LogP contribution in [0.5, 0.6) is 0 Å². The van der Waals surface area contributed by atoms with Crippen LogP contribution in [0, 0.1) is 0 Å². The molecule has 1 aliphatic heterocycles. The van der Waals surface area contributed by atoms with E-state index in [-0.39, 0.29) is 22.1 Å². The molecule has 0 radical (unpaired) electrons. The molecule has 1 aliphatic rings. The third-order valence-electron chi connectivity index (χ3n) is 3.05. The highest BCUT2D eigenvalue weighted by atomic mass is 79.9. The molecule has 1 atom stereocenters. The molecular formula is C11H15BrN2O4S2. The highest BCUT2D eigenvalue weighted by molar-refractivity contribution is 9.10. The van der Waals surface area contributed by atoms with E-state index in [1.807, 2.05) is 0 Å². The van der Waals surface area contributed by atoms with Gasteiger partial charge in [-0.1, -0.05) is 15.9 Å². The quantitative estimate of drug-likeness (QED) is 0.754. The Kier molecular flexibility index (Phi) is 4.43. The van der Waals surface area contributed by atoms with Crippen LogP contribution in [0.1, 0.15) is 12.8 Å². The fourth-order valence-electron chi connectivity index (χ4n) is 2.14. The maximum Gasteiger partial charge on any atom is 0.242 e. The van der Waals surface area contributed by atoms with Gasteiger partial charge in [-0.2, -0.15) is 0 Å². The molecule has 0 amide bonds. The van der Waals surface area contributed by atoms with Crippen LogP contribution in [0.3, 0.4) is 0 Å². The lowest BCUT2D eigenvalue weighted by atomic mass is 10.2. The molecule has 20 heavy (non-hydrogen) atoms. The summed E-state index contributed by atoms with van der Waals surface area (Å²) in [5, 5.41) is 0. The zero-order chi connectivity index (χ0) is 15.0. The maximum absolute atomic E-state index is 12.3. The first kappa shape index (κ1) is 15.7. The van der Waals surface area contributed by atoms with Crippen molar-refractivity contribution in [3.8, 4) is 0 Å². The number of anilines is 1. The second-order valence-electron chi connectivity index (χ2n) is 4.76. The number of sulfone groups is 1. The fourth-order valence-corrected chi connectivity index (χ4v) is 5.82. The van der Waals surface area contributed by atoms with Gasteiger partial charge < -0.3 is 5.73 Å². The maximum atomic E-state index is 12.3. The number of nitrogen functional groups attached to an aromatic ring is 1. The van der Waals surface area contributed by atoms with E-state index in [1.165, 1.54) is 12.1 Å². The first-order valence-electron chi connectivity index (χ1n) is 5.97. The number of nitrogens with one attached hydrogen (secondary N) is 1. The molecule has 1 unspecified atom stereocenters. The molecule has 1 saturated heterocycles. The lowest BCUT2D eigenvalue weighted by Gasteiger charge is -2.23. The lowest BCUT2D eigenvalue weighted by Crippen LogP contribution is -2.43. The Morgan fingerprint density at radius 2 is 2.05 bits per heavy atom. The normalized spacial score (nSPS) is 22.6. The van der Waals surface area contributed by atoms with Crippen molar-refractivity contribution in [3.63, 3.8) is 0 Å². The first-order chi connectivity index (χ1) is 9.20. The van der Waals surface area contributed by atoms with Gasteiger partial charge in [0.25, 0.3) is 0 Å². The van der Waals surface area contributed by atoms with Crippen molar-refractivity contribution in [2.45, 2.75) is 23.8 Å². The van der Waals surface area contributed by atoms with Gasteiger partial charge in [-0.05, 0) is 31.0 Å². The molecule has 0 aliphatic carbocycles. The average molecular weight is 383 g/mol. The van der Waals surface area contributed by atoms with E-state index < -0.39 is 25.9 Å². The molecule has 0 bridgehead atoms. The monoisotopic (exact) mass is 382 g/mol. The van der Waals surface area contributed by atoms with E-state index in [9.17, 15) is 16.8 Å². The molecule has 1 fully saturated rings. The van der Waals surface area contributed by atoms with Gasteiger partial charge in [0, 0.05) is 10.5 Å². The number of nitrogens with two attached hydrogens (primary N) is 1. The molecule has 112 valence electrons. The Morgan fingerprint density at radius 3 is 2.70 bits per heavy atom. The van der Waals surface area contributed by atoms with Gasteiger partial charge in [0.15, 0.2) is 9.84 Å². The number of hydrogen-bond acceptors (Lipinski definition) is 5. The molecule has 1 aromatic rings. The van der Waals surface area contributed by atoms with Gasteiger partial charge in [-0.3, -0.25) is 0 Å². The Balaban J connectivity index is 2.25. The van der Waals surface area contributed by atoms with Gasteiger partial charge in [-0.15, -0.1) is 0 Å². The van der Waals surface area contributed by atoms with Crippen molar-refractivity contribution >= 4 is 41.5 Å². The SMILES string of the molecule is Nc1ccc(Br)cc1S(=O)(=O)NC1CCCS(=O)(=O)C1. The number of halogens is 1. The largest absolute Gasteiger partial charge is 0.398 e. The van der Waals surface area contributed by atoms with Crippen LogP contribution in [0.15, 0.2) is 27.6 Å². The zero-order valence-electron chi connectivity index (χ0n) is 10.5. The van der Waals surface area contributed by atoms with Crippen LogP contribution >= 0.6 is 15.9 Å². The topological polar surface area (TPSA) is 106 Å². The number of hydrogen-bond donors (Lipinski definition) is 2. The van der Waals surface area contributed by atoms with Crippen molar-refractivity contribution in [1.29, 1.82) is 0 Å². The van der Waals surface area contributed by atoms with Gasteiger partial charge in [0.05, 0.1) is 17.2 Å². The van der Waals surface area contributed by atoms with Gasteiger partial charge in [0.1, 0.15) is 4.90 Å². The molecule has 6 nitrogen and oxygen atoms in total. The molecule has 0 spiro atoms. The van der Waals surface area contributed by atoms with E-state index in [4.69, 9.17) is 5.73 Å². The van der Waals surface area contributed by atoms with Gasteiger partial charge >= 0.3 is 0 Å². The summed E-state index contributed by atoms with van der Waals surface area (Å²) in [4.78, 5) is -0.0464. The highest BCUT2D eigenvalue weighted by Gasteiger charge is 2.29. The van der Waals surface area contributed by atoms with Crippen LogP contribution in [0.25, 0.3) is 0 Å². The van der Waals surface area contributed by atoms with Gasteiger partial charge in [0.2, 0.25) is 10.0 Å². The standard InChI is InChI=1S/C11H15BrN2O4S2/c12-8-3-4-10(13)11(6-8)20(17,18)14-9-2-1-5-19(15,16)7-9/h3-4,6,9,14H,1-2,5,7,13H2. The van der Waals surface area contributed by atoms with Crippen LogP contribution in [0.2, 0.25) is 0 Å². The minimum atomic E-state index is -3.83. The molecule has 3 N–H and O–H groups in total. The fraction of sp³-hybridized carbons (Fsp3) is 0.455. The summed E-state index contributed by atoms with van der Waals surface area (Å²) in [6, 6.07) is 3.92. The van der Waals surface area contributed by atoms with Crippen LogP contribution < -0.4 is 10.5 Å². The predicted octanol–water partition coefficient (Wildman–Crippen LogP) is 0.887. The number of benzene rings is 1. The van der Waals surface area contributed by atoms with E-state index in [0.717, 1.165) is 0 Å². The Labute approximate surface area is 126 Å². The van der Waals surface area contributed by atoms with Crippen LogP contribution in [-0.4, -0.2) is 34.4 Å². The van der Waals surface area contributed by atoms with Crippen molar-refractivity contribution < 1.29 is 16.8 Å². The second kappa shape index (κ2) is 5.63. The third-order valence-corrected chi connectivity index (χ3v) is 6.94. The molecular weight excluding hydrogens is 368 g/mol. The summed E-state index contributed by atoms with van der Waals surface area (Å²) in [6.07, 6.45) is 0.968. The summed E-state index contributed by atoms with van der Waals surface area (Å²) in [6.45, 7) is 0. The lowest BCUT2D eigenvalue weighted by molar-refractivity contribution is 0.517. The molecule has 1 aromatic carbocycles. The van der Waals surface area contributed by atoms with E-state index >= 15 is 0 Å². The molecule has 2 rings (SSSR count). The first-order valence-corrected chi connectivity index (χ1v) is 10.1. The highest BCUT2D eigenvalue weighted by Crippen LogP contribution is 2.24. The van der Waals surface area contributed by atoms with E-state index in [1.54, 1.807) is 6.07 Å². The van der Waals surface area contributed by atoms with Crippen molar-refractivity contribution in [2.75, 3.05) is 17.2 Å². The minimum Gasteiger partial charge on any atom is -0.398 e. The second-order valence-corrected chi connectivity index (χ2v) is 9.58. The molecule has 0 saturated carbocycles. The smallest absolute Gasteiger partial charge is 0.242 e. The molecule has 0 aromatic heterocycles. The van der Waals surface area contributed by atoms with Crippen LogP contribution in [-0.2, 0) is 19.9 Å². The summed E-state index contributed by atoms with van der Waals surface area (Å²) in [5.41, 5.74) is 5.80.